The number of piperidine rings is 1. The van der Waals surface area contributed by atoms with Crippen molar-refractivity contribution in [2.45, 2.75) is 68.9 Å². The van der Waals surface area contributed by atoms with Crippen LogP contribution in [0.1, 0.15) is 56.9 Å². The quantitative estimate of drug-likeness (QED) is 0.866. The highest BCUT2D eigenvalue weighted by atomic mass is 15.2. The molecular formula is C21H33N3. The van der Waals surface area contributed by atoms with Crippen molar-refractivity contribution in [3.63, 3.8) is 0 Å². The molecule has 4 rings (SSSR count). The van der Waals surface area contributed by atoms with Crippen molar-refractivity contribution >= 4 is 5.69 Å². The summed E-state index contributed by atoms with van der Waals surface area (Å²) in [4.78, 5) is 2.82. The lowest BCUT2D eigenvalue weighted by molar-refractivity contribution is 0.102. The van der Waals surface area contributed by atoms with E-state index in [2.05, 4.69) is 46.8 Å². The Bertz CT molecular complexity index is 548. The van der Waals surface area contributed by atoms with Crippen LogP contribution < -0.4 is 10.6 Å². The van der Waals surface area contributed by atoms with Gasteiger partial charge in [-0.1, -0.05) is 31.0 Å². The Kier molecular flexibility index (Phi) is 4.82. The van der Waals surface area contributed by atoms with Gasteiger partial charge in [-0.15, -0.1) is 0 Å². The van der Waals surface area contributed by atoms with E-state index in [-0.39, 0.29) is 0 Å². The Hall–Kier alpha value is -1.06. The normalized spacial score (nSPS) is 30.4. The summed E-state index contributed by atoms with van der Waals surface area (Å²) in [5.74, 6) is 0. The molecule has 3 aliphatic rings. The van der Waals surface area contributed by atoms with E-state index in [9.17, 15) is 0 Å². The second-order valence-electron chi connectivity index (χ2n) is 8.22. The molecule has 24 heavy (non-hydrogen) atoms. The lowest BCUT2D eigenvalue weighted by Gasteiger charge is -2.43. The van der Waals surface area contributed by atoms with Gasteiger partial charge in [0.25, 0.3) is 0 Å². The summed E-state index contributed by atoms with van der Waals surface area (Å²) in [6, 6.07) is 10.6. The molecular weight excluding hydrogens is 294 g/mol. The number of hydrogen-bond donors (Lipinski definition) is 2. The topological polar surface area (TPSA) is 27.3 Å². The van der Waals surface area contributed by atoms with E-state index in [1.54, 1.807) is 5.56 Å². The van der Waals surface area contributed by atoms with Crippen molar-refractivity contribution in [1.29, 1.82) is 0 Å². The number of nitrogens with one attached hydrogen (secondary N) is 2. The Morgan fingerprint density at radius 2 is 1.83 bits per heavy atom. The van der Waals surface area contributed by atoms with Gasteiger partial charge < -0.3 is 15.5 Å². The monoisotopic (exact) mass is 327 g/mol. The molecule has 3 nitrogen and oxygen atoms in total. The van der Waals surface area contributed by atoms with Crippen LogP contribution in [0, 0.1) is 0 Å². The molecule has 2 atom stereocenters. The Morgan fingerprint density at radius 3 is 2.67 bits per heavy atom. The molecule has 2 fully saturated rings. The van der Waals surface area contributed by atoms with E-state index in [1.165, 1.54) is 70.1 Å². The van der Waals surface area contributed by atoms with Crippen LogP contribution in [-0.4, -0.2) is 43.7 Å². The molecule has 0 bridgehead atoms. The van der Waals surface area contributed by atoms with Crippen molar-refractivity contribution < 1.29 is 0 Å². The van der Waals surface area contributed by atoms with Crippen LogP contribution in [0.15, 0.2) is 24.3 Å². The van der Waals surface area contributed by atoms with Gasteiger partial charge in [0.15, 0.2) is 0 Å². The van der Waals surface area contributed by atoms with Crippen molar-refractivity contribution in [2.75, 3.05) is 32.0 Å². The third-order valence-corrected chi connectivity index (χ3v) is 6.98. The fourth-order valence-electron chi connectivity index (χ4n) is 5.33. The number of anilines is 1. The van der Waals surface area contributed by atoms with Gasteiger partial charge in [0.2, 0.25) is 0 Å². The minimum absolute atomic E-state index is 0.405. The second kappa shape index (κ2) is 7.05. The zero-order valence-electron chi connectivity index (χ0n) is 15.2. The largest absolute Gasteiger partial charge is 0.384 e. The Balaban J connectivity index is 1.39. The molecule has 1 aromatic carbocycles. The average Bonchev–Trinajstić information content (AvgIpc) is 2.95. The second-order valence-corrected chi connectivity index (χ2v) is 8.22. The predicted molar refractivity (Wildman–Crippen MR) is 102 cm³/mol. The molecule has 2 heterocycles. The van der Waals surface area contributed by atoms with Crippen molar-refractivity contribution in [3.8, 4) is 0 Å². The van der Waals surface area contributed by atoms with Crippen LogP contribution in [0.25, 0.3) is 0 Å². The molecule has 1 aliphatic carbocycles. The molecule has 132 valence electrons. The third kappa shape index (κ3) is 3.09. The van der Waals surface area contributed by atoms with Gasteiger partial charge in [-0.3, -0.25) is 0 Å². The average molecular weight is 328 g/mol. The van der Waals surface area contributed by atoms with Crippen molar-refractivity contribution in [2.24, 2.45) is 0 Å². The van der Waals surface area contributed by atoms with Crippen LogP contribution in [0.5, 0.6) is 0 Å². The number of para-hydroxylation sites is 1. The van der Waals surface area contributed by atoms with E-state index in [1.807, 2.05) is 0 Å². The minimum Gasteiger partial charge on any atom is -0.384 e. The van der Waals surface area contributed by atoms with E-state index < -0.39 is 0 Å². The number of hydrogen-bond acceptors (Lipinski definition) is 3. The molecule has 1 saturated carbocycles. The first-order valence-corrected chi connectivity index (χ1v) is 10.1. The maximum absolute atomic E-state index is 3.66. The van der Waals surface area contributed by atoms with Crippen LogP contribution in [-0.2, 0) is 5.41 Å². The Morgan fingerprint density at radius 1 is 1.04 bits per heavy atom. The zero-order chi connectivity index (χ0) is 16.4. The lowest BCUT2D eigenvalue weighted by atomic mass is 9.74. The fraction of sp³-hybridized carbons (Fsp3) is 0.714. The van der Waals surface area contributed by atoms with Crippen LogP contribution in [0.3, 0.4) is 0 Å². The van der Waals surface area contributed by atoms with Gasteiger partial charge in [0.1, 0.15) is 0 Å². The molecule has 3 heteroatoms. The molecule has 2 unspecified atom stereocenters. The standard InChI is InChI=1S/C21H33N3/c1-22-17-6-2-3-7-18(11-10-17)24-14-12-21(13-15-24)16-23-20-9-5-4-8-19(20)21/h4-5,8-9,17-18,22-23H,2-3,6-7,10-16H2,1H3. The summed E-state index contributed by atoms with van der Waals surface area (Å²) >= 11 is 0. The summed E-state index contributed by atoms with van der Waals surface area (Å²) in [5, 5.41) is 7.18. The molecule has 0 radical (unpaired) electrons. The fourth-order valence-corrected chi connectivity index (χ4v) is 5.33. The summed E-state index contributed by atoms with van der Waals surface area (Å²) in [6.07, 6.45) is 11.0. The summed E-state index contributed by atoms with van der Waals surface area (Å²) in [6.45, 7) is 3.71. The van der Waals surface area contributed by atoms with E-state index in [0.29, 0.717) is 5.41 Å². The van der Waals surface area contributed by atoms with E-state index in [4.69, 9.17) is 0 Å². The molecule has 0 aromatic heterocycles. The van der Waals surface area contributed by atoms with Gasteiger partial charge in [0.05, 0.1) is 0 Å². The summed E-state index contributed by atoms with van der Waals surface area (Å²) in [5.41, 5.74) is 3.37. The maximum atomic E-state index is 3.66. The molecule has 2 N–H and O–H groups in total. The molecule has 1 saturated heterocycles. The van der Waals surface area contributed by atoms with Crippen molar-refractivity contribution in [3.05, 3.63) is 29.8 Å². The number of benzene rings is 1. The molecule has 0 amide bonds. The molecule has 1 spiro atoms. The number of nitrogens with zero attached hydrogens (tertiary/aromatic N) is 1. The number of likely N-dealkylation sites (tertiary alicyclic amines) is 1. The minimum atomic E-state index is 0.405. The number of fused-ring (bicyclic) bond motifs is 2. The van der Waals surface area contributed by atoms with Gasteiger partial charge in [-0.05, 0) is 70.3 Å². The number of rotatable bonds is 2. The third-order valence-electron chi connectivity index (χ3n) is 6.98. The van der Waals surface area contributed by atoms with Crippen molar-refractivity contribution in [1.82, 2.24) is 10.2 Å². The maximum Gasteiger partial charge on any atom is 0.0379 e. The smallest absolute Gasteiger partial charge is 0.0379 e. The molecule has 2 aliphatic heterocycles. The Labute approximate surface area is 147 Å². The van der Waals surface area contributed by atoms with Gasteiger partial charge in [-0.25, -0.2) is 0 Å². The molecule has 1 aromatic rings. The highest BCUT2D eigenvalue weighted by Crippen LogP contribution is 2.44. The van der Waals surface area contributed by atoms with E-state index >= 15 is 0 Å². The lowest BCUT2D eigenvalue weighted by Crippen LogP contribution is -2.48. The SMILES string of the molecule is CNC1CCCCC(N2CCC3(CC2)CNc2ccccc23)CC1. The van der Waals surface area contributed by atoms with Crippen LogP contribution in [0.2, 0.25) is 0 Å². The van der Waals surface area contributed by atoms with Gasteiger partial charge >= 0.3 is 0 Å². The first-order chi connectivity index (χ1) is 11.8. The first-order valence-electron chi connectivity index (χ1n) is 10.1. The highest BCUT2D eigenvalue weighted by molar-refractivity contribution is 5.60. The first kappa shape index (κ1) is 16.4. The van der Waals surface area contributed by atoms with Crippen LogP contribution in [0.4, 0.5) is 5.69 Å². The van der Waals surface area contributed by atoms with Crippen LogP contribution >= 0.6 is 0 Å². The summed E-state index contributed by atoms with van der Waals surface area (Å²) < 4.78 is 0. The summed E-state index contributed by atoms with van der Waals surface area (Å²) in [7, 11) is 2.14. The van der Waals surface area contributed by atoms with Gasteiger partial charge in [0, 0.05) is 29.7 Å². The predicted octanol–water partition coefficient (Wildman–Crippen LogP) is 3.76. The van der Waals surface area contributed by atoms with Gasteiger partial charge in [-0.2, -0.15) is 0 Å². The highest BCUT2D eigenvalue weighted by Gasteiger charge is 2.42. The van der Waals surface area contributed by atoms with E-state index in [0.717, 1.165) is 18.6 Å². The zero-order valence-corrected chi connectivity index (χ0v) is 15.2.